The molecule has 17 heavy (non-hydrogen) atoms. The van der Waals surface area contributed by atoms with Crippen molar-refractivity contribution in [3.63, 3.8) is 0 Å². The lowest BCUT2D eigenvalue weighted by Gasteiger charge is -2.23. The summed E-state index contributed by atoms with van der Waals surface area (Å²) in [6, 6.07) is 5.36. The Morgan fingerprint density at radius 1 is 1.47 bits per heavy atom. The number of likely N-dealkylation sites (N-methyl/N-ethyl adjacent to an activating group) is 1. The molecule has 0 aromatic heterocycles. The SMILES string of the molecule is CCNC(Cc1ccc(F)c(Br)c1)C(C)OC. The van der Waals surface area contributed by atoms with Crippen LogP contribution < -0.4 is 5.32 Å². The van der Waals surface area contributed by atoms with Crippen molar-refractivity contribution in [2.24, 2.45) is 0 Å². The zero-order valence-corrected chi connectivity index (χ0v) is 12.1. The lowest BCUT2D eigenvalue weighted by Crippen LogP contribution is -2.40. The fourth-order valence-electron chi connectivity index (χ4n) is 1.75. The predicted octanol–water partition coefficient (Wildman–Crippen LogP) is 3.14. The van der Waals surface area contributed by atoms with Crippen LogP contribution in [0.4, 0.5) is 4.39 Å². The number of benzene rings is 1. The van der Waals surface area contributed by atoms with E-state index in [2.05, 4.69) is 28.2 Å². The molecule has 2 nitrogen and oxygen atoms in total. The standard InChI is InChI=1S/C13H19BrFNO/c1-4-16-13(9(2)17-3)8-10-5-6-12(15)11(14)7-10/h5-7,9,13,16H,4,8H2,1-3H3. The Balaban J connectivity index is 2.74. The molecule has 1 rings (SSSR count). The molecule has 0 saturated carbocycles. The van der Waals surface area contributed by atoms with E-state index in [1.54, 1.807) is 7.11 Å². The number of halogens is 2. The average Bonchev–Trinajstić information content (AvgIpc) is 2.32. The summed E-state index contributed by atoms with van der Waals surface area (Å²) in [5.74, 6) is -0.228. The van der Waals surface area contributed by atoms with Gasteiger partial charge in [0.15, 0.2) is 0 Å². The summed E-state index contributed by atoms with van der Waals surface area (Å²) in [6.45, 7) is 4.99. The first-order valence-corrected chi connectivity index (χ1v) is 6.57. The smallest absolute Gasteiger partial charge is 0.137 e. The molecular formula is C13H19BrFNO. The Kier molecular flexibility index (Phi) is 6.09. The summed E-state index contributed by atoms with van der Waals surface area (Å²) in [5.41, 5.74) is 1.09. The molecule has 0 radical (unpaired) electrons. The summed E-state index contributed by atoms with van der Waals surface area (Å²) < 4.78 is 19.0. The van der Waals surface area contributed by atoms with E-state index in [0.29, 0.717) is 4.47 Å². The fourth-order valence-corrected chi connectivity index (χ4v) is 2.18. The Bertz CT molecular complexity index is 359. The molecule has 0 spiro atoms. The van der Waals surface area contributed by atoms with Gasteiger partial charge >= 0.3 is 0 Å². The van der Waals surface area contributed by atoms with Crippen molar-refractivity contribution < 1.29 is 9.13 Å². The third-order valence-corrected chi connectivity index (χ3v) is 3.45. The van der Waals surface area contributed by atoms with Crippen LogP contribution in [0.1, 0.15) is 19.4 Å². The fraction of sp³-hybridized carbons (Fsp3) is 0.538. The number of rotatable bonds is 6. The quantitative estimate of drug-likeness (QED) is 0.872. The third kappa shape index (κ3) is 4.37. The van der Waals surface area contributed by atoms with Gasteiger partial charge in [-0.05, 0) is 53.5 Å². The second-order valence-corrected chi connectivity index (χ2v) is 4.91. The summed E-state index contributed by atoms with van der Waals surface area (Å²) in [6.07, 6.45) is 0.945. The molecule has 0 amide bonds. The van der Waals surface area contributed by atoms with Crippen LogP contribution in [0, 0.1) is 5.82 Å². The van der Waals surface area contributed by atoms with Crippen molar-refractivity contribution in [3.05, 3.63) is 34.1 Å². The second-order valence-electron chi connectivity index (χ2n) is 4.06. The number of nitrogens with one attached hydrogen (secondary N) is 1. The molecule has 1 aromatic rings. The second kappa shape index (κ2) is 7.09. The molecule has 0 saturated heterocycles. The third-order valence-electron chi connectivity index (χ3n) is 2.84. The van der Waals surface area contributed by atoms with Crippen LogP contribution in [0.25, 0.3) is 0 Å². The number of hydrogen-bond donors (Lipinski definition) is 1. The Hall–Kier alpha value is -0.450. The van der Waals surface area contributed by atoms with Gasteiger partial charge in [0.1, 0.15) is 5.82 Å². The van der Waals surface area contributed by atoms with Crippen molar-refractivity contribution in [2.45, 2.75) is 32.4 Å². The molecule has 96 valence electrons. The van der Waals surface area contributed by atoms with Crippen LogP contribution in [0.2, 0.25) is 0 Å². The van der Waals surface area contributed by atoms with Crippen molar-refractivity contribution in [1.29, 1.82) is 0 Å². The van der Waals surface area contributed by atoms with E-state index in [1.165, 1.54) is 6.07 Å². The normalized spacial score (nSPS) is 14.6. The lowest BCUT2D eigenvalue weighted by molar-refractivity contribution is 0.0836. The number of methoxy groups -OCH3 is 1. The van der Waals surface area contributed by atoms with Gasteiger partial charge in [0.05, 0.1) is 10.6 Å². The van der Waals surface area contributed by atoms with Gasteiger partial charge in [0.25, 0.3) is 0 Å². The maximum Gasteiger partial charge on any atom is 0.137 e. The summed E-state index contributed by atoms with van der Waals surface area (Å²) in [7, 11) is 1.70. The molecule has 0 aliphatic heterocycles. The summed E-state index contributed by atoms with van der Waals surface area (Å²) in [4.78, 5) is 0. The zero-order valence-electron chi connectivity index (χ0n) is 10.5. The molecule has 2 atom stereocenters. The largest absolute Gasteiger partial charge is 0.380 e. The minimum atomic E-state index is -0.228. The molecule has 0 bridgehead atoms. The minimum Gasteiger partial charge on any atom is -0.380 e. The van der Waals surface area contributed by atoms with Crippen LogP contribution in [-0.2, 0) is 11.2 Å². The molecular weight excluding hydrogens is 285 g/mol. The molecule has 0 aliphatic carbocycles. The Labute approximate surface area is 111 Å². The first-order valence-electron chi connectivity index (χ1n) is 5.78. The average molecular weight is 304 g/mol. The van der Waals surface area contributed by atoms with Crippen LogP contribution in [0.5, 0.6) is 0 Å². The molecule has 0 fully saturated rings. The predicted molar refractivity (Wildman–Crippen MR) is 71.7 cm³/mol. The van der Waals surface area contributed by atoms with E-state index in [4.69, 9.17) is 4.74 Å². The topological polar surface area (TPSA) is 21.3 Å². The molecule has 0 aliphatic rings. The van der Waals surface area contributed by atoms with Crippen molar-refractivity contribution >= 4 is 15.9 Å². The monoisotopic (exact) mass is 303 g/mol. The Morgan fingerprint density at radius 3 is 2.71 bits per heavy atom. The van der Waals surface area contributed by atoms with E-state index < -0.39 is 0 Å². The minimum absolute atomic E-state index is 0.124. The van der Waals surface area contributed by atoms with E-state index >= 15 is 0 Å². The van der Waals surface area contributed by atoms with Gasteiger partial charge in [0, 0.05) is 13.2 Å². The van der Waals surface area contributed by atoms with E-state index in [-0.39, 0.29) is 18.0 Å². The number of hydrogen-bond acceptors (Lipinski definition) is 2. The van der Waals surface area contributed by atoms with Crippen LogP contribution >= 0.6 is 15.9 Å². The molecule has 1 aromatic carbocycles. The van der Waals surface area contributed by atoms with Gasteiger partial charge in [0.2, 0.25) is 0 Å². The highest BCUT2D eigenvalue weighted by molar-refractivity contribution is 9.10. The van der Waals surface area contributed by atoms with Gasteiger partial charge < -0.3 is 10.1 Å². The van der Waals surface area contributed by atoms with Crippen molar-refractivity contribution in [1.82, 2.24) is 5.32 Å². The lowest BCUT2D eigenvalue weighted by atomic mass is 10.0. The van der Waals surface area contributed by atoms with Crippen LogP contribution in [0.3, 0.4) is 0 Å². The maximum absolute atomic E-state index is 13.1. The van der Waals surface area contributed by atoms with E-state index in [9.17, 15) is 4.39 Å². The van der Waals surface area contributed by atoms with Crippen LogP contribution in [-0.4, -0.2) is 25.8 Å². The van der Waals surface area contributed by atoms with Crippen molar-refractivity contribution in [2.75, 3.05) is 13.7 Å². The summed E-state index contributed by atoms with van der Waals surface area (Å²) >= 11 is 3.20. The molecule has 1 N–H and O–H groups in total. The summed E-state index contributed by atoms with van der Waals surface area (Å²) in [5, 5.41) is 3.38. The van der Waals surface area contributed by atoms with Gasteiger partial charge in [-0.25, -0.2) is 4.39 Å². The van der Waals surface area contributed by atoms with Gasteiger partial charge in [-0.2, -0.15) is 0 Å². The first-order chi connectivity index (χ1) is 8.08. The highest BCUT2D eigenvalue weighted by Crippen LogP contribution is 2.18. The van der Waals surface area contributed by atoms with Gasteiger partial charge in [-0.15, -0.1) is 0 Å². The number of ether oxygens (including phenoxy) is 1. The first kappa shape index (κ1) is 14.6. The van der Waals surface area contributed by atoms with Crippen molar-refractivity contribution in [3.8, 4) is 0 Å². The molecule has 2 unspecified atom stereocenters. The van der Waals surface area contributed by atoms with E-state index in [1.807, 2.05) is 19.1 Å². The van der Waals surface area contributed by atoms with Crippen LogP contribution in [0.15, 0.2) is 22.7 Å². The van der Waals surface area contributed by atoms with Gasteiger partial charge in [-0.3, -0.25) is 0 Å². The Morgan fingerprint density at radius 2 is 2.18 bits per heavy atom. The highest BCUT2D eigenvalue weighted by Gasteiger charge is 2.16. The van der Waals surface area contributed by atoms with Gasteiger partial charge in [-0.1, -0.05) is 13.0 Å². The maximum atomic E-state index is 13.1. The highest BCUT2D eigenvalue weighted by atomic mass is 79.9. The molecule has 4 heteroatoms. The van der Waals surface area contributed by atoms with E-state index in [0.717, 1.165) is 18.5 Å². The zero-order chi connectivity index (χ0) is 12.8. The molecule has 0 heterocycles.